The zero-order valence-electron chi connectivity index (χ0n) is 15.8. The summed E-state index contributed by atoms with van der Waals surface area (Å²) in [7, 11) is 4.09. The van der Waals surface area contributed by atoms with E-state index in [0.717, 1.165) is 36.1 Å². The molecule has 2 heterocycles. The van der Waals surface area contributed by atoms with Crippen LogP contribution in [0.4, 0.5) is 23.1 Å². The standard InChI is InChI=1S/C20H29N5/c1-5-17-8-6-7-13-25(17)20-21-15(2)14-19(23-20)22-16-9-11-18(12-10-16)24(3)4/h9-12,14,17H,5-8,13H2,1-4H3,(H,21,22,23). The molecule has 1 atom stereocenters. The van der Waals surface area contributed by atoms with Gasteiger partial charge in [-0.1, -0.05) is 6.92 Å². The number of hydrogen-bond donors (Lipinski definition) is 1. The molecule has 1 aliphatic heterocycles. The SMILES string of the molecule is CCC1CCCCN1c1nc(C)cc(Nc2ccc(N(C)C)cc2)n1. The minimum absolute atomic E-state index is 0.558. The van der Waals surface area contributed by atoms with Gasteiger partial charge in [-0.25, -0.2) is 4.98 Å². The molecule has 1 aliphatic rings. The Morgan fingerprint density at radius 2 is 1.92 bits per heavy atom. The molecule has 3 rings (SSSR count). The van der Waals surface area contributed by atoms with Gasteiger partial charge in [0, 0.05) is 49.8 Å². The Kier molecular flexibility index (Phi) is 5.41. The van der Waals surface area contributed by atoms with Crippen LogP contribution >= 0.6 is 0 Å². The van der Waals surface area contributed by atoms with Crippen molar-refractivity contribution in [1.82, 2.24) is 9.97 Å². The highest BCUT2D eigenvalue weighted by Gasteiger charge is 2.23. The summed E-state index contributed by atoms with van der Waals surface area (Å²) in [5.74, 6) is 1.72. The third-order valence-electron chi connectivity index (χ3n) is 4.85. The van der Waals surface area contributed by atoms with Crippen LogP contribution in [-0.2, 0) is 0 Å². The average molecular weight is 339 g/mol. The number of nitrogens with zero attached hydrogens (tertiary/aromatic N) is 4. The fourth-order valence-electron chi connectivity index (χ4n) is 3.42. The van der Waals surface area contributed by atoms with Crippen LogP contribution in [0, 0.1) is 6.92 Å². The van der Waals surface area contributed by atoms with Gasteiger partial charge in [0.05, 0.1) is 0 Å². The zero-order valence-corrected chi connectivity index (χ0v) is 15.8. The smallest absolute Gasteiger partial charge is 0.227 e. The first-order valence-electron chi connectivity index (χ1n) is 9.23. The van der Waals surface area contributed by atoms with E-state index < -0.39 is 0 Å². The van der Waals surface area contributed by atoms with Gasteiger partial charge in [0.25, 0.3) is 0 Å². The molecule has 0 radical (unpaired) electrons. The molecule has 1 fully saturated rings. The van der Waals surface area contributed by atoms with Crippen molar-refractivity contribution in [3.63, 3.8) is 0 Å². The van der Waals surface area contributed by atoms with Crippen molar-refractivity contribution < 1.29 is 0 Å². The van der Waals surface area contributed by atoms with E-state index in [1.54, 1.807) is 0 Å². The topological polar surface area (TPSA) is 44.3 Å². The van der Waals surface area contributed by atoms with E-state index in [2.05, 4.69) is 46.3 Å². The molecule has 1 unspecified atom stereocenters. The van der Waals surface area contributed by atoms with Crippen LogP contribution in [0.2, 0.25) is 0 Å². The van der Waals surface area contributed by atoms with Gasteiger partial charge in [0.2, 0.25) is 5.95 Å². The lowest BCUT2D eigenvalue weighted by Gasteiger charge is -2.35. The Balaban J connectivity index is 1.81. The molecule has 1 aromatic carbocycles. The quantitative estimate of drug-likeness (QED) is 0.876. The summed E-state index contributed by atoms with van der Waals surface area (Å²) < 4.78 is 0. The minimum atomic E-state index is 0.558. The molecule has 1 aromatic heterocycles. The Morgan fingerprint density at radius 1 is 1.16 bits per heavy atom. The van der Waals surface area contributed by atoms with Crippen LogP contribution in [0.3, 0.4) is 0 Å². The largest absolute Gasteiger partial charge is 0.378 e. The second-order valence-corrected chi connectivity index (χ2v) is 7.01. The minimum Gasteiger partial charge on any atom is -0.378 e. The number of hydrogen-bond acceptors (Lipinski definition) is 5. The lowest BCUT2D eigenvalue weighted by atomic mass is 10.0. The predicted octanol–water partition coefficient (Wildman–Crippen LogP) is 4.36. The molecule has 1 N–H and O–H groups in total. The van der Waals surface area contributed by atoms with Crippen LogP contribution in [0.15, 0.2) is 30.3 Å². The van der Waals surface area contributed by atoms with Gasteiger partial charge in [-0.2, -0.15) is 4.98 Å². The number of nitrogens with one attached hydrogen (secondary N) is 1. The molecule has 5 nitrogen and oxygen atoms in total. The molecule has 5 heteroatoms. The van der Waals surface area contributed by atoms with Crippen molar-refractivity contribution in [3.05, 3.63) is 36.0 Å². The van der Waals surface area contributed by atoms with Gasteiger partial charge < -0.3 is 15.1 Å². The highest BCUT2D eigenvalue weighted by molar-refractivity contribution is 5.61. The molecule has 0 bridgehead atoms. The first kappa shape index (κ1) is 17.5. The molecular weight excluding hydrogens is 310 g/mol. The Labute approximate surface area is 151 Å². The van der Waals surface area contributed by atoms with Gasteiger partial charge in [-0.05, 0) is 56.9 Å². The molecule has 2 aromatic rings. The van der Waals surface area contributed by atoms with Crippen molar-refractivity contribution in [2.24, 2.45) is 0 Å². The highest BCUT2D eigenvalue weighted by Crippen LogP contribution is 2.26. The second kappa shape index (κ2) is 7.72. The van der Waals surface area contributed by atoms with E-state index in [1.165, 1.54) is 24.9 Å². The molecule has 0 spiro atoms. The van der Waals surface area contributed by atoms with Crippen molar-refractivity contribution in [2.75, 3.05) is 35.8 Å². The lowest BCUT2D eigenvalue weighted by molar-refractivity contribution is 0.443. The van der Waals surface area contributed by atoms with E-state index >= 15 is 0 Å². The summed E-state index contributed by atoms with van der Waals surface area (Å²) in [6.45, 7) is 5.35. The summed E-state index contributed by atoms with van der Waals surface area (Å²) >= 11 is 0. The van der Waals surface area contributed by atoms with Crippen LogP contribution in [0.1, 0.15) is 38.3 Å². The fraction of sp³-hybridized carbons (Fsp3) is 0.500. The summed E-state index contributed by atoms with van der Waals surface area (Å²) in [4.78, 5) is 14.0. The fourth-order valence-corrected chi connectivity index (χ4v) is 3.42. The van der Waals surface area contributed by atoms with Gasteiger partial charge in [0.1, 0.15) is 5.82 Å². The Hall–Kier alpha value is -2.30. The molecule has 0 amide bonds. The third kappa shape index (κ3) is 4.21. The number of rotatable bonds is 5. The number of aryl methyl sites for hydroxylation is 1. The second-order valence-electron chi connectivity index (χ2n) is 7.01. The van der Waals surface area contributed by atoms with Crippen LogP contribution in [-0.4, -0.2) is 36.6 Å². The van der Waals surface area contributed by atoms with E-state index in [4.69, 9.17) is 9.97 Å². The first-order valence-corrected chi connectivity index (χ1v) is 9.23. The van der Waals surface area contributed by atoms with Crippen molar-refractivity contribution >= 4 is 23.1 Å². The molecular formula is C20H29N5. The average Bonchev–Trinajstić information content (AvgIpc) is 2.61. The maximum absolute atomic E-state index is 4.80. The summed E-state index contributed by atoms with van der Waals surface area (Å²) in [5.41, 5.74) is 3.22. The normalized spacial score (nSPS) is 17.4. The predicted molar refractivity (Wildman–Crippen MR) is 106 cm³/mol. The van der Waals surface area contributed by atoms with Crippen molar-refractivity contribution in [1.29, 1.82) is 0 Å². The van der Waals surface area contributed by atoms with Crippen molar-refractivity contribution in [2.45, 2.75) is 45.6 Å². The molecule has 25 heavy (non-hydrogen) atoms. The van der Waals surface area contributed by atoms with E-state index in [9.17, 15) is 0 Å². The molecule has 134 valence electrons. The van der Waals surface area contributed by atoms with E-state index in [1.807, 2.05) is 27.1 Å². The van der Waals surface area contributed by atoms with Gasteiger partial charge >= 0.3 is 0 Å². The number of piperidine rings is 1. The van der Waals surface area contributed by atoms with Crippen molar-refractivity contribution in [3.8, 4) is 0 Å². The zero-order chi connectivity index (χ0) is 17.8. The van der Waals surface area contributed by atoms with Gasteiger partial charge in [-0.15, -0.1) is 0 Å². The van der Waals surface area contributed by atoms with Gasteiger partial charge in [0.15, 0.2) is 0 Å². The number of anilines is 4. The van der Waals surface area contributed by atoms with E-state index in [0.29, 0.717) is 6.04 Å². The van der Waals surface area contributed by atoms with Crippen LogP contribution in [0.5, 0.6) is 0 Å². The van der Waals surface area contributed by atoms with Gasteiger partial charge in [-0.3, -0.25) is 0 Å². The molecule has 0 aliphatic carbocycles. The molecule has 0 saturated carbocycles. The van der Waals surface area contributed by atoms with Crippen LogP contribution in [0.25, 0.3) is 0 Å². The Morgan fingerprint density at radius 3 is 2.60 bits per heavy atom. The monoisotopic (exact) mass is 339 g/mol. The maximum atomic E-state index is 4.80. The first-order chi connectivity index (χ1) is 12.1. The summed E-state index contributed by atoms with van der Waals surface area (Å²) in [6.07, 6.45) is 4.92. The lowest BCUT2D eigenvalue weighted by Crippen LogP contribution is -2.40. The highest BCUT2D eigenvalue weighted by atomic mass is 15.3. The van der Waals surface area contributed by atoms with E-state index in [-0.39, 0.29) is 0 Å². The number of aromatic nitrogens is 2. The summed E-state index contributed by atoms with van der Waals surface area (Å²) in [5, 5.41) is 3.43. The van der Waals surface area contributed by atoms with Crippen LogP contribution < -0.4 is 15.1 Å². The summed E-state index contributed by atoms with van der Waals surface area (Å²) in [6, 6.07) is 10.9. The molecule has 1 saturated heterocycles. The third-order valence-corrected chi connectivity index (χ3v) is 4.85. The Bertz CT molecular complexity index is 696. The maximum Gasteiger partial charge on any atom is 0.227 e. The number of benzene rings is 1.